The number of aryl methyl sites for hydroxylation is 1. The fraction of sp³-hybridized carbons (Fsp3) is 0.556. The number of amides is 1. The molecule has 0 aliphatic carbocycles. The average Bonchev–Trinajstić information content (AvgIpc) is 3.18. The molecule has 4 heterocycles. The lowest BCUT2D eigenvalue weighted by Crippen LogP contribution is -2.58. The van der Waals surface area contributed by atoms with Gasteiger partial charge < -0.3 is 14.5 Å². The van der Waals surface area contributed by atoms with Crippen LogP contribution in [0.3, 0.4) is 0 Å². The minimum Gasteiger partial charge on any atom is -0.371 e. The van der Waals surface area contributed by atoms with Crippen LogP contribution in [-0.2, 0) is 11.2 Å². The number of morpholine rings is 1. The quantitative estimate of drug-likeness (QED) is 0.820. The molecule has 26 heavy (non-hydrogen) atoms. The molecule has 0 aromatic carbocycles. The van der Waals surface area contributed by atoms with E-state index in [1.807, 2.05) is 17.0 Å². The predicted octanol–water partition coefficient (Wildman–Crippen LogP) is 2.01. The fourth-order valence-electron chi connectivity index (χ4n) is 3.59. The van der Waals surface area contributed by atoms with Crippen LogP contribution in [0.2, 0.25) is 0 Å². The van der Waals surface area contributed by atoms with Crippen molar-refractivity contribution in [1.29, 1.82) is 0 Å². The van der Waals surface area contributed by atoms with Gasteiger partial charge in [0.25, 0.3) is 5.91 Å². The molecule has 8 heteroatoms. The van der Waals surface area contributed by atoms with Gasteiger partial charge >= 0.3 is 0 Å². The Bertz CT molecular complexity index is 758. The van der Waals surface area contributed by atoms with Gasteiger partial charge in [0.2, 0.25) is 5.13 Å². The zero-order valence-corrected chi connectivity index (χ0v) is 15.7. The van der Waals surface area contributed by atoms with Crippen molar-refractivity contribution < 1.29 is 9.53 Å². The summed E-state index contributed by atoms with van der Waals surface area (Å²) in [4.78, 5) is 21.1. The van der Waals surface area contributed by atoms with Gasteiger partial charge in [-0.05, 0) is 31.4 Å². The van der Waals surface area contributed by atoms with Crippen molar-refractivity contribution in [3.8, 4) is 0 Å². The molecule has 2 aliphatic heterocycles. The lowest BCUT2D eigenvalue weighted by atomic mass is 9.89. The highest BCUT2D eigenvalue weighted by Gasteiger charge is 2.41. The lowest BCUT2D eigenvalue weighted by Gasteiger charge is -2.47. The number of nitrogens with zero attached hydrogens (tertiary/aromatic N) is 5. The third kappa shape index (κ3) is 3.43. The van der Waals surface area contributed by atoms with Crippen LogP contribution < -0.4 is 4.90 Å². The molecular weight excluding hydrogens is 350 g/mol. The van der Waals surface area contributed by atoms with E-state index in [0.29, 0.717) is 25.4 Å². The first-order chi connectivity index (χ1) is 12.7. The lowest BCUT2D eigenvalue weighted by molar-refractivity contribution is -0.111. The Labute approximate surface area is 157 Å². The van der Waals surface area contributed by atoms with Gasteiger partial charge in [-0.15, -0.1) is 10.2 Å². The average molecular weight is 373 g/mol. The van der Waals surface area contributed by atoms with E-state index in [2.05, 4.69) is 27.0 Å². The van der Waals surface area contributed by atoms with Crippen molar-refractivity contribution in [1.82, 2.24) is 20.1 Å². The largest absolute Gasteiger partial charge is 0.371 e. The van der Waals surface area contributed by atoms with Gasteiger partial charge in [0.15, 0.2) is 0 Å². The van der Waals surface area contributed by atoms with E-state index < -0.39 is 0 Å². The van der Waals surface area contributed by atoms with E-state index in [-0.39, 0.29) is 11.5 Å². The second-order valence-corrected chi connectivity index (χ2v) is 7.83. The molecule has 2 fully saturated rings. The Balaban J connectivity index is 1.41. The Morgan fingerprint density at radius 1 is 1.27 bits per heavy atom. The number of carbonyl (C=O) groups is 1. The first-order valence-corrected chi connectivity index (χ1v) is 9.92. The van der Waals surface area contributed by atoms with Crippen LogP contribution in [0.15, 0.2) is 24.4 Å². The van der Waals surface area contributed by atoms with E-state index in [1.165, 1.54) is 0 Å². The SMILES string of the molecule is CCc1nnc(N2CCC3(CC2)CN(C(=O)c2ccccn2)CCO3)s1. The molecule has 138 valence electrons. The van der Waals surface area contributed by atoms with E-state index in [0.717, 1.165) is 42.5 Å². The summed E-state index contributed by atoms with van der Waals surface area (Å²) in [6, 6.07) is 5.44. The van der Waals surface area contributed by atoms with Crippen LogP contribution in [0.4, 0.5) is 5.13 Å². The summed E-state index contributed by atoms with van der Waals surface area (Å²) >= 11 is 1.67. The zero-order chi connectivity index (χ0) is 18.0. The molecule has 1 amide bonds. The summed E-state index contributed by atoms with van der Waals surface area (Å²) in [5.41, 5.74) is 0.250. The van der Waals surface area contributed by atoms with E-state index >= 15 is 0 Å². The van der Waals surface area contributed by atoms with E-state index in [4.69, 9.17) is 4.74 Å². The van der Waals surface area contributed by atoms with Gasteiger partial charge in [0.1, 0.15) is 10.7 Å². The summed E-state index contributed by atoms with van der Waals surface area (Å²) in [7, 11) is 0. The minimum atomic E-state index is -0.253. The second kappa shape index (κ2) is 7.28. The number of aromatic nitrogens is 3. The summed E-state index contributed by atoms with van der Waals surface area (Å²) < 4.78 is 6.16. The van der Waals surface area contributed by atoms with Gasteiger partial charge in [-0.2, -0.15) is 0 Å². The van der Waals surface area contributed by atoms with Crippen LogP contribution >= 0.6 is 11.3 Å². The highest BCUT2D eigenvalue weighted by molar-refractivity contribution is 7.15. The Morgan fingerprint density at radius 2 is 2.12 bits per heavy atom. The van der Waals surface area contributed by atoms with Crippen molar-refractivity contribution in [3.63, 3.8) is 0 Å². The molecule has 0 atom stereocenters. The maximum Gasteiger partial charge on any atom is 0.272 e. The normalized spacial score (nSPS) is 19.7. The van der Waals surface area contributed by atoms with Crippen LogP contribution in [0.1, 0.15) is 35.3 Å². The number of pyridine rings is 1. The maximum absolute atomic E-state index is 12.7. The van der Waals surface area contributed by atoms with E-state index in [1.54, 1.807) is 23.6 Å². The number of rotatable bonds is 3. The highest BCUT2D eigenvalue weighted by atomic mass is 32.1. The summed E-state index contributed by atoms with van der Waals surface area (Å²) in [6.07, 6.45) is 4.36. The number of ether oxygens (including phenoxy) is 1. The molecule has 2 saturated heterocycles. The molecule has 1 spiro atoms. The molecular formula is C18H23N5O2S. The summed E-state index contributed by atoms with van der Waals surface area (Å²) in [5, 5.41) is 10.6. The van der Waals surface area contributed by atoms with Crippen LogP contribution in [0.5, 0.6) is 0 Å². The molecule has 0 N–H and O–H groups in total. The monoisotopic (exact) mass is 373 g/mol. The van der Waals surface area contributed by atoms with Gasteiger partial charge in [0.05, 0.1) is 18.8 Å². The number of piperidine rings is 1. The van der Waals surface area contributed by atoms with Crippen molar-refractivity contribution in [2.75, 3.05) is 37.7 Å². The predicted molar refractivity (Wildman–Crippen MR) is 99.6 cm³/mol. The van der Waals surface area contributed by atoms with Crippen molar-refractivity contribution in [2.24, 2.45) is 0 Å². The Hall–Kier alpha value is -2.06. The van der Waals surface area contributed by atoms with Crippen molar-refractivity contribution in [2.45, 2.75) is 31.8 Å². The standard InChI is InChI=1S/C18H23N5O2S/c1-2-15-20-21-17(26-15)22-9-6-18(7-10-22)13-23(11-12-25-18)16(24)14-5-3-4-8-19-14/h3-5,8H,2,6-7,9-13H2,1H3. The first kappa shape index (κ1) is 17.4. The highest BCUT2D eigenvalue weighted by Crippen LogP contribution is 2.33. The number of hydrogen-bond acceptors (Lipinski definition) is 7. The number of hydrogen-bond donors (Lipinski definition) is 0. The molecule has 0 bridgehead atoms. The van der Waals surface area contributed by atoms with Crippen molar-refractivity contribution >= 4 is 22.4 Å². The molecule has 2 aliphatic rings. The number of carbonyl (C=O) groups excluding carboxylic acids is 1. The molecule has 2 aromatic heterocycles. The molecule has 0 unspecified atom stereocenters. The molecule has 4 rings (SSSR count). The molecule has 7 nitrogen and oxygen atoms in total. The van der Waals surface area contributed by atoms with Crippen LogP contribution in [-0.4, -0.2) is 64.4 Å². The first-order valence-electron chi connectivity index (χ1n) is 9.11. The van der Waals surface area contributed by atoms with Crippen molar-refractivity contribution in [3.05, 3.63) is 35.1 Å². The van der Waals surface area contributed by atoms with Gasteiger partial charge in [-0.1, -0.05) is 24.3 Å². The third-order valence-corrected chi connectivity index (χ3v) is 6.25. The Morgan fingerprint density at radius 3 is 2.81 bits per heavy atom. The second-order valence-electron chi connectivity index (χ2n) is 6.79. The minimum absolute atomic E-state index is 0.00702. The zero-order valence-electron chi connectivity index (χ0n) is 14.9. The summed E-state index contributed by atoms with van der Waals surface area (Å²) in [5.74, 6) is -0.00702. The number of anilines is 1. The smallest absolute Gasteiger partial charge is 0.272 e. The van der Waals surface area contributed by atoms with Crippen LogP contribution in [0, 0.1) is 0 Å². The topological polar surface area (TPSA) is 71.5 Å². The molecule has 0 saturated carbocycles. The van der Waals surface area contributed by atoms with Gasteiger partial charge in [0, 0.05) is 25.8 Å². The summed E-state index contributed by atoms with van der Waals surface area (Å²) in [6.45, 7) is 5.69. The fourth-order valence-corrected chi connectivity index (χ4v) is 4.42. The Kier molecular flexibility index (Phi) is 4.86. The van der Waals surface area contributed by atoms with Gasteiger partial charge in [-0.25, -0.2) is 0 Å². The van der Waals surface area contributed by atoms with Crippen LogP contribution in [0.25, 0.3) is 0 Å². The molecule has 2 aromatic rings. The maximum atomic E-state index is 12.7. The van der Waals surface area contributed by atoms with Gasteiger partial charge in [-0.3, -0.25) is 9.78 Å². The molecule has 0 radical (unpaired) electrons. The third-order valence-electron chi connectivity index (χ3n) is 5.12. The van der Waals surface area contributed by atoms with E-state index in [9.17, 15) is 4.79 Å².